The quantitative estimate of drug-likeness (QED) is 0.328. The minimum atomic E-state index is -3.67. The van der Waals surface area contributed by atoms with Crippen LogP contribution in [0.2, 0.25) is 0 Å². The number of rotatable bonds is 7. The number of carbonyl (C=O) groups excluding carboxylic acids is 1. The predicted molar refractivity (Wildman–Crippen MR) is 154 cm³/mol. The molecule has 6 rings (SSSR count). The molecule has 0 saturated carbocycles. The lowest BCUT2D eigenvalue weighted by Gasteiger charge is -2.31. The van der Waals surface area contributed by atoms with Gasteiger partial charge in [-0.2, -0.15) is 5.10 Å². The molecule has 1 fully saturated rings. The summed E-state index contributed by atoms with van der Waals surface area (Å²) in [5.41, 5.74) is 3.11. The zero-order chi connectivity index (χ0) is 27.7. The Bertz CT molecular complexity index is 1630. The highest BCUT2D eigenvalue weighted by molar-refractivity contribution is 7.92. The van der Waals surface area contributed by atoms with E-state index < -0.39 is 15.8 Å². The Hall–Kier alpha value is -3.95. The van der Waals surface area contributed by atoms with Crippen molar-refractivity contribution in [3.8, 4) is 0 Å². The summed E-state index contributed by atoms with van der Waals surface area (Å²) in [5.74, 6) is 0.196. The SMILES string of the molecule is CN1c2ccccc2S(=O)(=O)c2ccc(C(CC3CCOCC3)C(=O)Nc3ccn(Cc4ccccc4)n3)cc21. The standard InChI is InChI=1S/C31H32N4O4S/c1-34-26-9-5-6-10-28(26)40(37,38)29-12-11-24(20-27(29)34)25(19-22-14-17-39-18-15-22)31(36)32-30-13-16-35(33-30)21-23-7-3-2-4-8-23/h2-13,16,20,22,25H,14-15,17-19,21H2,1H3,(H,32,33,36). The van der Waals surface area contributed by atoms with Crippen molar-refractivity contribution < 1.29 is 17.9 Å². The number of anilines is 3. The van der Waals surface area contributed by atoms with Gasteiger partial charge in [0.05, 0.1) is 33.6 Å². The monoisotopic (exact) mass is 556 g/mol. The second kappa shape index (κ2) is 10.9. The molecule has 206 valence electrons. The number of nitrogens with zero attached hydrogens (tertiary/aromatic N) is 3. The van der Waals surface area contributed by atoms with Crippen LogP contribution >= 0.6 is 0 Å². The largest absolute Gasteiger partial charge is 0.381 e. The van der Waals surface area contributed by atoms with Crippen molar-refractivity contribution >= 4 is 32.9 Å². The first kappa shape index (κ1) is 26.3. The first-order chi connectivity index (χ1) is 19.4. The highest BCUT2D eigenvalue weighted by Crippen LogP contribution is 2.44. The predicted octanol–water partition coefficient (Wildman–Crippen LogP) is 5.38. The van der Waals surface area contributed by atoms with Crippen molar-refractivity contribution in [3.05, 3.63) is 96.2 Å². The molecule has 1 unspecified atom stereocenters. The molecule has 40 heavy (non-hydrogen) atoms. The molecule has 0 radical (unpaired) electrons. The van der Waals surface area contributed by atoms with Gasteiger partial charge in [-0.15, -0.1) is 0 Å². The Balaban J connectivity index is 1.30. The average Bonchev–Trinajstić information content (AvgIpc) is 3.42. The third kappa shape index (κ3) is 5.14. The van der Waals surface area contributed by atoms with E-state index in [1.165, 1.54) is 0 Å². The lowest BCUT2D eigenvalue weighted by Crippen LogP contribution is -2.27. The summed E-state index contributed by atoms with van der Waals surface area (Å²) in [7, 11) is -1.80. The van der Waals surface area contributed by atoms with Gasteiger partial charge in [0.1, 0.15) is 0 Å². The van der Waals surface area contributed by atoms with Gasteiger partial charge in [-0.1, -0.05) is 48.5 Å². The number of sulfone groups is 1. The van der Waals surface area contributed by atoms with Crippen LogP contribution in [-0.2, 0) is 25.9 Å². The number of aromatic nitrogens is 2. The van der Waals surface area contributed by atoms with Crippen LogP contribution in [0.25, 0.3) is 0 Å². The van der Waals surface area contributed by atoms with E-state index in [-0.39, 0.29) is 10.8 Å². The molecule has 1 N–H and O–H groups in total. The van der Waals surface area contributed by atoms with Gasteiger partial charge >= 0.3 is 0 Å². The minimum Gasteiger partial charge on any atom is -0.381 e. The summed E-state index contributed by atoms with van der Waals surface area (Å²) < 4.78 is 34.2. The van der Waals surface area contributed by atoms with Gasteiger partial charge in [0.25, 0.3) is 0 Å². The van der Waals surface area contributed by atoms with E-state index in [0.29, 0.717) is 54.2 Å². The first-order valence-electron chi connectivity index (χ1n) is 13.6. The summed E-state index contributed by atoms with van der Waals surface area (Å²) in [5, 5.41) is 7.60. The van der Waals surface area contributed by atoms with E-state index in [0.717, 1.165) is 24.0 Å². The molecule has 9 heteroatoms. The number of hydrogen-bond acceptors (Lipinski definition) is 6. The van der Waals surface area contributed by atoms with Crippen LogP contribution in [0.3, 0.4) is 0 Å². The highest BCUT2D eigenvalue weighted by Gasteiger charge is 2.34. The van der Waals surface area contributed by atoms with Gasteiger partial charge in [-0.25, -0.2) is 8.42 Å². The van der Waals surface area contributed by atoms with Crippen LogP contribution in [0.5, 0.6) is 0 Å². The van der Waals surface area contributed by atoms with Crippen LogP contribution in [0.4, 0.5) is 17.2 Å². The molecule has 8 nitrogen and oxygen atoms in total. The van der Waals surface area contributed by atoms with Crippen molar-refractivity contribution in [2.75, 3.05) is 30.5 Å². The highest BCUT2D eigenvalue weighted by atomic mass is 32.2. The molecule has 1 amide bonds. The van der Waals surface area contributed by atoms with Crippen molar-refractivity contribution in [2.45, 2.75) is 41.5 Å². The van der Waals surface area contributed by atoms with Gasteiger partial charge in [-0.05, 0) is 60.6 Å². The molecule has 4 aromatic rings. The molecule has 0 spiro atoms. The number of amides is 1. The maximum atomic E-state index is 13.8. The van der Waals surface area contributed by atoms with E-state index >= 15 is 0 Å². The van der Waals surface area contributed by atoms with Crippen LogP contribution < -0.4 is 10.2 Å². The van der Waals surface area contributed by atoms with Crippen LogP contribution in [0, 0.1) is 5.92 Å². The number of benzene rings is 3. The third-order valence-corrected chi connectivity index (χ3v) is 9.71. The molecule has 0 aliphatic carbocycles. The molecule has 2 aliphatic heterocycles. The van der Waals surface area contributed by atoms with E-state index in [9.17, 15) is 13.2 Å². The zero-order valence-corrected chi connectivity index (χ0v) is 23.2. The van der Waals surface area contributed by atoms with E-state index in [1.54, 1.807) is 41.1 Å². The number of hydrogen-bond donors (Lipinski definition) is 1. The van der Waals surface area contributed by atoms with Gasteiger partial charge in [-0.3, -0.25) is 9.48 Å². The number of ether oxygens (including phenoxy) is 1. The van der Waals surface area contributed by atoms with Crippen molar-refractivity contribution in [2.24, 2.45) is 5.92 Å². The minimum absolute atomic E-state index is 0.155. The topological polar surface area (TPSA) is 93.5 Å². The molecule has 0 bridgehead atoms. The average molecular weight is 557 g/mol. The second-order valence-corrected chi connectivity index (χ2v) is 12.4. The van der Waals surface area contributed by atoms with Crippen LogP contribution in [0.1, 0.15) is 36.3 Å². The normalized spacial score (nSPS) is 17.1. The lowest BCUT2D eigenvalue weighted by atomic mass is 9.84. The maximum absolute atomic E-state index is 13.8. The summed E-state index contributed by atoms with van der Waals surface area (Å²) in [6.45, 7) is 1.98. The fourth-order valence-electron chi connectivity index (χ4n) is 5.66. The Labute approximate surface area is 234 Å². The van der Waals surface area contributed by atoms with Gasteiger partial charge in [0.2, 0.25) is 15.7 Å². The van der Waals surface area contributed by atoms with Gasteiger partial charge < -0.3 is 15.0 Å². The summed E-state index contributed by atoms with van der Waals surface area (Å²) in [6.07, 6.45) is 4.28. The molecule has 1 atom stereocenters. The molecule has 1 saturated heterocycles. The molecular weight excluding hydrogens is 524 g/mol. The number of fused-ring (bicyclic) bond motifs is 2. The second-order valence-electron chi connectivity index (χ2n) is 10.5. The molecular formula is C31H32N4O4S. The first-order valence-corrected chi connectivity index (χ1v) is 15.1. The fraction of sp³-hybridized carbons (Fsp3) is 0.290. The lowest BCUT2D eigenvalue weighted by molar-refractivity contribution is -0.118. The van der Waals surface area contributed by atoms with E-state index in [4.69, 9.17) is 4.74 Å². The Morgan fingerprint density at radius 2 is 1.70 bits per heavy atom. The fourth-order valence-corrected chi connectivity index (χ4v) is 7.35. The maximum Gasteiger partial charge on any atom is 0.233 e. The van der Waals surface area contributed by atoms with Crippen LogP contribution in [-0.4, -0.2) is 44.4 Å². The molecule has 2 aliphatic rings. The molecule has 1 aromatic heterocycles. The Morgan fingerprint density at radius 3 is 2.50 bits per heavy atom. The smallest absolute Gasteiger partial charge is 0.233 e. The van der Waals surface area contributed by atoms with E-state index in [1.807, 2.05) is 60.6 Å². The molecule has 3 heterocycles. The summed E-state index contributed by atoms with van der Waals surface area (Å²) in [4.78, 5) is 16.2. The van der Waals surface area contributed by atoms with Gasteiger partial charge in [0, 0.05) is 32.5 Å². The summed E-state index contributed by atoms with van der Waals surface area (Å²) >= 11 is 0. The van der Waals surface area contributed by atoms with Gasteiger partial charge in [0.15, 0.2) is 5.82 Å². The Kier molecular flexibility index (Phi) is 7.16. The molecule has 3 aromatic carbocycles. The third-order valence-electron chi connectivity index (χ3n) is 7.86. The number of carbonyl (C=O) groups is 1. The number of nitrogens with one attached hydrogen (secondary N) is 1. The zero-order valence-electron chi connectivity index (χ0n) is 22.4. The Morgan fingerprint density at radius 1 is 0.975 bits per heavy atom. The van der Waals surface area contributed by atoms with Crippen molar-refractivity contribution in [1.29, 1.82) is 0 Å². The van der Waals surface area contributed by atoms with Crippen molar-refractivity contribution in [1.82, 2.24) is 9.78 Å². The summed E-state index contributed by atoms with van der Waals surface area (Å²) in [6, 6.07) is 24.1. The van der Waals surface area contributed by atoms with Crippen molar-refractivity contribution in [3.63, 3.8) is 0 Å². The number of para-hydroxylation sites is 1. The van der Waals surface area contributed by atoms with E-state index in [2.05, 4.69) is 10.4 Å². The van der Waals surface area contributed by atoms with Crippen LogP contribution in [0.15, 0.2) is 94.9 Å².